The van der Waals surface area contributed by atoms with Crippen LogP contribution in [0.3, 0.4) is 0 Å². The van der Waals surface area contributed by atoms with Crippen LogP contribution in [0, 0.1) is 6.92 Å². The summed E-state index contributed by atoms with van der Waals surface area (Å²) in [5.41, 5.74) is 8.94. The van der Waals surface area contributed by atoms with Crippen LogP contribution in [0.4, 0.5) is 22.9 Å². The molecular weight excluding hydrogens is 605 g/mol. The summed E-state index contributed by atoms with van der Waals surface area (Å²) in [4.78, 5) is 18.7. The average Bonchev–Trinajstić information content (AvgIpc) is 3.64. The summed E-state index contributed by atoms with van der Waals surface area (Å²) in [6.45, 7) is 13.8. The molecule has 0 saturated carbocycles. The summed E-state index contributed by atoms with van der Waals surface area (Å²) in [5.74, 6) is 3.79. The molecule has 5 heterocycles. The first kappa shape index (κ1) is 30.6. The predicted molar refractivity (Wildman–Crippen MR) is 200 cm³/mol. The Labute approximate surface area is 287 Å². The van der Waals surface area contributed by atoms with Crippen molar-refractivity contribution in [2.24, 2.45) is 0 Å². The molecule has 1 aliphatic heterocycles. The number of hydrogen-bond acceptors (Lipinski definition) is 6. The highest BCUT2D eigenvalue weighted by molar-refractivity contribution is 6.09. The van der Waals surface area contributed by atoms with E-state index in [-0.39, 0.29) is 5.41 Å². The van der Waals surface area contributed by atoms with Crippen LogP contribution in [0.25, 0.3) is 27.6 Å². The highest BCUT2D eigenvalue weighted by Gasteiger charge is 2.30. The van der Waals surface area contributed by atoms with Gasteiger partial charge < -0.3 is 14.5 Å². The van der Waals surface area contributed by atoms with Crippen LogP contribution in [0.5, 0.6) is 11.5 Å². The lowest BCUT2D eigenvalue weighted by molar-refractivity contribution is 0.483. The van der Waals surface area contributed by atoms with E-state index in [9.17, 15) is 0 Å². The summed E-state index contributed by atoms with van der Waals surface area (Å²) < 4.78 is 8.85. The second-order valence-corrected chi connectivity index (χ2v) is 14.2. The zero-order valence-electron chi connectivity index (χ0n) is 28.8. The van der Waals surface area contributed by atoms with Crippen LogP contribution in [0.2, 0.25) is 0 Å². The molecule has 0 radical (unpaired) electrons. The molecule has 0 bridgehead atoms. The van der Waals surface area contributed by atoms with Crippen LogP contribution in [-0.4, -0.2) is 26.2 Å². The Bertz CT molecular complexity index is 2350. The molecular formula is C42H40N6O. The molecule has 8 rings (SSSR count). The van der Waals surface area contributed by atoms with E-state index in [2.05, 4.69) is 140 Å². The molecule has 49 heavy (non-hydrogen) atoms. The van der Waals surface area contributed by atoms with E-state index < -0.39 is 0 Å². The first-order valence-corrected chi connectivity index (χ1v) is 16.9. The Morgan fingerprint density at radius 1 is 0.714 bits per heavy atom. The predicted octanol–water partition coefficient (Wildman–Crippen LogP) is 10.7. The fourth-order valence-electron chi connectivity index (χ4n) is 6.82. The standard InChI is InChI=1S/C42H40N6O/c1-27(2)29-20-28(3)41(45-24-29)47-26-46(37-17-18-43-25-39(37)47)31-10-9-11-32(22-31)49-33-14-15-35-34-12-7-8-13-36(34)48(38(35)23-33)40-21-30(16-19-44-40)42(4,5)6/h7-25,27H,26H2,1-6H3. The van der Waals surface area contributed by atoms with Crippen LogP contribution >= 0.6 is 0 Å². The Balaban J connectivity index is 1.15. The smallest absolute Gasteiger partial charge is 0.137 e. The van der Waals surface area contributed by atoms with Gasteiger partial charge >= 0.3 is 0 Å². The largest absolute Gasteiger partial charge is 0.457 e. The van der Waals surface area contributed by atoms with Gasteiger partial charge in [-0.2, -0.15) is 0 Å². The molecule has 4 aromatic heterocycles. The van der Waals surface area contributed by atoms with Gasteiger partial charge in [0.05, 0.1) is 28.6 Å². The van der Waals surface area contributed by atoms with Gasteiger partial charge in [-0.1, -0.05) is 65.0 Å². The molecule has 0 aliphatic carbocycles. The fourth-order valence-corrected chi connectivity index (χ4v) is 6.82. The molecule has 7 aromatic rings. The fraction of sp³-hybridized carbons (Fsp3) is 0.214. The SMILES string of the molecule is Cc1cc(C(C)C)cnc1N1CN(c2cccc(Oc3ccc4c5ccccc5n(-c5cc(C(C)(C)C)ccn5)c4c3)c2)c2ccncc21. The highest BCUT2D eigenvalue weighted by Crippen LogP contribution is 2.45. The summed E-state index contributed by atoms with van der Waals surface area (Å²) in [5, 5.41) is 2.34. The maximum atomic E-state index is 6.61. The van der Waals surface area contributed by atoms with Gasteiger partial charge in [0.25, 0.3) is 0 Å². The van der Waals surface area contributed by atoms with Crippen molar-refractivity contribution in [2.45, 2.75) is 52.9 Å². The van der Waals surface area contributed by atoms with E-state index in [0.29, 0.717) is 12.6 Å². The van der Waals surface area contributed by atoms with Crippen molar-refractivity contribution in [1.82, 2.24) is 19.5 Å². The van der Waals surface area contributed by atoms with Gasteiger partial charge in [-0.3, -0.25) is 9.55 Å². The highest BCUT2D eigenvalue weighted by atomic mass is 16.5. The van der Waals surface area contributed by atoms with Crippen molar-refractivity contribution < 1.29 is 4.74 Å². The van der Waals surface area contributed by atoms with Crippen molar-refractivity contribution in [1.29, 1.82) is 0 Å². The third-order valence-corrected chi connectivity index (χ3v) is 9.49. The van der Waals surface area contributed by atoms with E-state index in [1.807, 2.05) is 36.9 Å². The summed E-state index contributed by atoms with van der Waals surface area (Å²) in [6, 6.07) is 31.7. The molecule has 0 spiro atoms. The molecule has 1 aliphatic rings. The number of nitrogens with zero attached hydrogens (tertiary/aromatic N) is 6. The van der Waals surface area contributed by atoms with Gasteiger partial charge in [0, 0.05) is 47.2 Å². The first-order chi connectivity index (χ1) is 23.7. The number of fused-ring (bicyclic) bond motifs is 4. The number of pyridine rings is 3. The maximum Gasteiger partial charge on any atom is 0.137 e. The van der Waals surface area contributed by atoms with Crippen molar-refractivity contribution in [3.63, 3.8) is 0 Å². The quantitative estimate of drug-likeness (QED) is 0.180. The second-order valence-electron chi connectivity index (χ2n) is 14.2. The molecule has 0 unspecified atom stereocenters. The Hall–Kier alpha value is -5.69. The van der Waals surface area contributed by atoms with Gasteiger partial charge in [0.15, 0.2) is 0 Å². The van der Waals surface area contributed by atoms with Crippen molar-refractivity contribution in [3.05, 3.63) is 132 Å². The number of hydrogen-bond donors (Lipinski definition) is 0. The molecule has 0 N–H and O–H groups in total. The second kappa shape index (κ2) is 11.8. The van der Waals surface area contributed by atoms with Gasteiger partial charge in [0.1, 0.15) is 29.8 Å². The molecule has 244 valence electrons. The molecule has 3 aromatic carbocycles. The van der Waals surface area contributed by atoms with Gasteiger partial charge in [-0.05, 0) is 83.5 Å². The van der Waals surface area contributed by atoms with Crippen LogP contribution in [0.15, 0.2) is 116 Å². The number of aromatic nitrogens is 4. The third-order valence-electron chi connectivity index (χ3n) is 9.49. The van der Waals surface area contributed by atoms with Crippen molar-refractivity contribution in [3.8, 4) is 17.3 Å². The first-order valence-electron chi connectivity index (χ1n) is 16.9. The summed E-state index contributed by atoms with van der Waals surface area (Å²) in [6.07, 6.45) is 7.67. The topological polar surface area (TPSA) is 59.3 Å². The van der Waals surface area contributed by atoms with E-state index >= 15 is 0 Å². The Morgan fingerprint density at radius 2 is 1.53 bits per heavy atom. The lowest BCUT2D eigenvalue weighted by atomic mass is 9.88. The number of rotatable bonds is 6. The number of benzene rings is 3. The van der Waals surface area contributed by atoms with Crippen molar-refractivity contribution in [2.75, 3.05) is 16.5 Å². The summed E-state index contributed by atoms with van der Waals surface area (Å²) >= 11 is 0. The minimum absolute atomic E-state index is 0.00681. The van der Waals surface area contributed by atoms with Gasteiger partial charge in [-0.25, -0.2) is 9.97 Å². The number of aryl methyl sites for hydroxylation is 1. The van der Waals surface area contributed by atoms with Gasteiger partial charge in [-0.15, -0.1) is 0 Å². The number of ether oxygens (including phenoxy) is 1. The molecule has 7 heteroatoms. The molecule has 0 amide bonds. The van der Waals surface area contributed by atoms with E-state index in [1.54, 1.807) is 0 Å². The third kappa shape index (κ3) is 5.45. The minimum atomic E-state index is 0.00681. The maximum absolute atomic E-state index is 6.61. The van der Waals surface area contributed by atoms with E-state index in [4.69, 9.17) is 14.7 Å². The van der Waals surface area contributed by atoms with E-state index in [1.165, 1.54) is 16.5 Å². The van der Waals surface area contributed by atoms with Crippen LogP contribution in [0.1, 0.15) is 57.2 Å². The van der Waals surface area contributed by atoms with Gasteiger partial charge in [0.2, 0.25) is 0 Å². The molecule has 0 atom stereocenters. The molecule has 0 saturated heterocycles. The number of anilines is 4. The van der Waals surface area contributed by atoms with Crippen LogP contribution in [-0.2, 0) is 5.41 Å². The number of para-hydroxylation sites is 1. The molecule has 7 nitrogen and oxygen atoms in total. The lowest BCUT2D eigenvalue weighted by Gasteiger charge is -2.23. The monoisotopic (exact) mass is 644 g/mol. The minimum Gasteiger partial charge on any atom is -0.457 e. The lowest BCUT2D eigenvalue weighted by Crippen LogP contribution is -2.25. The zero-order chi connectivity index (χ0) is 33.9. The van der Waals surface area contributed by atoms with Crippen molar-refractivity contribution >= 4 is 44.7 Å². The Kier molecular flexibility index (Phi) is 7.36. The van der Waals surface area contributed by atoms with Crippen LogP contribution < -0.4 is 14.5 Å². The summed E-state index contributed by atoms with van der Waals surface area (Å²) in [7, 11) is 0. The average molecular weight is 645 g/mol. The zero-order valence-corrected chi connectivity index (χ0v) is 28.8. The Morgan fingerprint density at radius 3 is 2.35 bits per heavy atom. The van der Waals surface area contributed by atoms with E-state index in [0.717, 1.165) is 62.2 Å². The normalized spacial score (nSPS) is 13.1. The molecule has 0 fully saturated rings.